The summed E-state index contributed by atoms with van der Waals surface area (Å²) in [5, 5.41) is 3.12. The molecule has 0 aliphatic carbocycles. The third kappa shape index (κ3) is 5.28. The van der Waals surface area contributed by atoms with Gasteiger partial charge in [0.2, 0.25) is 0 Å². The molecule has 1 N–H and O–H groups in total. The predicted molar refractivity (Wildman–Crippen MR) is 65.6 cm³/mol. The van der Waals surface area contributed by atoms with Crippen molar-refractivity contribution in [2.75, 3.05) is 26.8 Å². The predicted octanol–water partition coefficient (Wildman–Crippen LogP) is 1.46. The molecule has 92 valence electrons. The number of unbranched alkanes of at least 4 members (excludes halogenated alkanes) is 1. The summed E-state index contributed by atoms with van der Waals surface area (Å²) in [6, 6.07) is 0. The Morgan fingerprint density at radius 2 is 2.31 bits per heavy atom. The van der Waals surface area contributed by atoms with E-state index in [1.807, 2.05) is 13.4 Å². The van der Waals surface area contributed by atoms with Crippen LogP contribution in [0.4, 0.5) is 0 Å². The van der Waals surface area contributed by atoms with Crippen LogP contribution in [0, 0.1) is 0 Å². The number of imidazole rings is 1. The van der Waals surface area contributed by atoms with Gasteiger partial charge in [0.1, 0.15) is 0 Å². The van der Waals surface area contributed by atoms with E-state index in [9.17, 15) is 0 Å². The van der Waals surface area contributed by atoms with E-state index in [4.69, 9.17) is 4.74 Å². The third-order valence-corrected chi connectivity index (χ3v) is 2.45. The Morgan fingerprint density at radius 3 is 3.06 bits per heavy atom. The van der Waals surface area contributed by atoms with Gasteiger partial charge in [-0.2, -0.15) is 0 Å². The lowest BCUT2D eigenvalue weighted by Crippen LogP contribution is -2.10. The van der Waals surface area contributed by atoms with Gasteiger partial charge >= 0.3 is 0 Å². The molecule has 0 aliphatic heterocycles. The van der Waals surface area contributed by atoms with Gasteiger partial charge in [-0.1, -0.05) is 13.3 Å². The molecule has 4 heteroatoms. The minimum Gasteiger partial charge on any atom is -0.380 e. The first-order valence-corrected chi connectivity index (χ1v) is 6.09. The summed E-state index contributed by atoms with van der Waals surface area (Å²) < 4.78 is 7.60. The zero-order valence-electron chi connectivity index (χ0n) is 10.4. The molecule has 1 heterocycles. The molecule has 0 bridgehead atoms. The third-order valence-electron chi connectivity index (χ3n) is 2.45. The Kier molecular flexibility index (Phi) is 6.85. The lowest BCUT2D eigenvalue weighted by atomic mass is 10.3. The molecule has 16 heavy (non-hydrogen) atoms. The van der Waals surface area contributed by atoms with E-state index >= 15 is 0 Å². The van der Waals surface area contributed by atoms with Crippen molar-refractivity contribution in [3.8, 4) is 0 Å². The van der Waals surface area contributed by atoms with E-state index in [-0.39, 0.29) is 0 Å². The second-order valence-corrected chi connectivity index (χ2v) is 3.92. The van der Waals surface area contributed by atoms with Gasteiger partial charge < -0.3 is 14.6 Å². The van der Waals surface area contributed by atoms with Crippen LogP contribution in [0.3, 0.4) is 0 Å². The number of likely N-dealkylation sites (N-methyl/N-ethyl adjacent to an activating group) is 1. The van der Waals surface area contributed by atoms with Gasteiger partial charge in [0.15, 0.2) is 0 Å². The van der Waals surface area contributed by atoms with E-state index in [2.05, 4.69) is 28.0 Å². The fraction of sp³-hybridized carbons (Fsp3) is 0.750. The molecule has 0 atom stereocenters. The van der Waals surface area contributed by atoms with Crippen molar-refractivity contribution < 1.29 is 4.74 Å². The van der Waals surface area contributed by atoms with Crippen LogP contribution in [-0.4, -0.2) is 36.4 Å². The summed E-state index contributed by atoms with van der Waals surface area (Å²) in [7, 11) is 1.96. The van der Waals surface area contributed by atoms with Crippen LogP contribution in [0.25, 0.3) is 0 Å². The molecule has 1 aromatic rings. The fourth-order valence-electron chi connectivity index (χ4n) is 1.43. The largest absolute Gasteiger partial charge is 0.380 e. The van der Waals surface area contributed by atoms with Gasteiger partial charge in [-0.05, 0) is 13.5 Å². The number of hydrogen-bond donors (Lipinski definition) is 1. The second-order valence-electron chi connectivity index (χ2n) is 3.92. The standard InChI is InChI=1S/C12H23N3O/c1-3-4-8-16-9-7-15-10-12(14-11-15)5-6-13-2/h10-11,13H,3-9H2,1-2H3. The van der Waals surface area contributed by atoms with Gasteiger partial charge in [-0.15, -0.1) is 0 Å². The second kappa shape index (κ2) is 8.30. The zero-order valence-corrected chi connectivity index (χ0v) is 10.4. The highest BCUT2D eigenvalue weighted by molar-refractivity contribution is 4.97. The highest BCUT2D eigenvalue weighted by Gasteiger charge is 1.97. The Hall–Kier alpha value is -0.870. The summed E-state index contributed by atoms with van der Waals surface area (Å²) in [6.07, 6.45) is 7.31. The fourth-order valence-corrected chi connectivity index (χ4v) is 1.43. The maximum absolute atomic E-state index is 5.51. The van der Waals surface area contributed by atoms with E-state index in [0.29, 0.717) is 0 Å². The average molecular weight is 225 g/mol. The van der Waals surface area contributed by atoms with Crippen LogP contribution >= 0.6 is 0 Å². The Morgan fingerprint density at radius 1 is 1.44 bits per heavy atom. The van der Waals surface area contributed by atoms with Crippen molar-refractivity contribution in [2.24, 2.45) is 0 Å². The number of ether oxygens (including phenoxy) is 1. The van der Waals surface area contributed by atoms with Gasteiger partial charge in [-0.3, -0.25) is 0 Å². The van der Waals surface area contributed by atoms with Crippen LogP contribution < -0.4 is 5.32 Å². The first-order chi connectivity index (χ1) is 7.86. The zero-order chi connectivity index (χ0) is 11.6. The first kappa shape index (κ1) is 13.2. The highest BCUT2D eigenvalue weighted by Crippen LogP contribution is 1.97. The lowest BCUT2D eigenvalue weighted by Gasteiger charge is -2.03. The number of nitrogens with one attached hydrogen (secondary N) is 1. The molecule has 0 aromatic carbocycles. The number of rotatable bonds is 9. The quantitative estimate of drug-likeness (QED) is 0.647. The Labute approximate surface area is 98.0 Å². The van der Waals surface area contributed by atoms with Gasteiger partial charge in [0.25, 0.3) is 0 Å². The minimum atomic E-state index is 0.780. The molecular formula is C12H23N3O. The summed E-state index contributed by atoms with van der Waals surface area (Å²) >= 11 is 0. The Balaban J connectivity index is 2.14. The molecule has 0 saturated heterocycles. The van der Waals surface area contributed by atoms with E-state index in [1.54, 1.807) is 0 Å². The maximum Gasteiger partial charge on any atom is 0.0950 e. The van der Waals surface area contributed by atoms with E-state index < -0.39 is 0 Å². The molecule has 0 spiro atoms. The number of aromatic nitrogens is 2. The molecule has 1 rings (SSSR count). The molecule has 0 aliphatic rings. The summed E-state index contributed by atoms with van der Waals surface area (Å²) in [5.74, 6) is 0. The molecule has 0 unspecified atom stereocenters. The van der Waals surface area contributed by atoms with Crippen LogP contribution in [0.1, 0.15) is 25.5 Å². The smallest absolute Gasteiger partial charge is 0.0950 e. The SMILES string of the molecule is CCCCOCCn1cnc(CCNC)c1. The first-order valence-electron chi connectivity index (χ1n) is 6.09. The number of hydrogen-bond acceptors (Lipinski definition) is 3. The molecule has 4 nitrogen and oxygen atoms in total. The van der Waals surface area contributed by atoms with Crippen LogP contribution in [-0.2, 0) is 17.7 Å². The van der Waals surface area contributed by atoms with Crippen molar-refractivity contribution >= 4 is 0 Å². The Bertz CT molecular complexity index is 273. The van der Waals surface area contributed by atoms with Crippen molar-refractivity contribution in [1.82, 2.24) is 14.9 Å². The molecular weight excluding hydrogens is 202 g/mol. The van der Waals surface area contributed by atoms with Crippen molar-refractivity contribution in [3.05, 3.63) is 18.2 Å². The van der Waals surface area contributed by atoms with Crippen molar-refractivity contribution in [2.45, 2.75) is 32.7 Å². The minimum absolute atomic E-state index is 0.780. The molecule has 0 saturated carbocycles. The number of nitrogens with zero attached hydrogens (tertiary/aromatic N) is 2. The van der Waals surface area contributed by atoms with E-state index in [1.165, 1.54) is 6.42 Å². The molecule has 0 radical (unpaired) electrons. The topological polar surface area (TPSA) is 39.1 Å². The van der Waals surface area contributed by atoms with E-state index in [0.717, 1.165) is 44.8 Å². The van der Waals surface area contributed by atoms with Gasteiger partial charge in [-0.25, -0.2) is 4.98 Å². The monoisotopic (exact) mass is 225 g/mol. The summed E-state index contributed by atoms with van der Waals surface area (Å²) in [4.78, 5) is 4.34. The normalized spacial score (nSPS) is 10.9. The van der Waals surface area contributed by atoms with Crippen LogP contribution in [0.15, 0.2) is 12.5 Å². The summed E-state index contributed by atoms with van der Waals surface area (Å²) in [6.45, 7) is 5.70. The maximum atomic E-state index is 5.51. The van der Waals surface area contributed by atoms with Crippen molar-refractivity contribution in [1.29, 1.82) is 0 Å². The van der Waals surface area contributed by atoms with Gasteiger partial charge in [0, 0.05) is 32.3 Å². The van der Waals surface area contributed by atoms with Crippen LogP contribution in [0.5, 0.6) is 0 Å². The highest BCUT2D eigenvalue weighted by atomic mass is 16.5. The molecule has 1 aromatic heterocycles. The van der Waals surface area contributed by atoms with Crippen LogP contribution in [0.2, 0.25) is 0 Å². The average Bonchev–Trinajstić information content (AvgIpc) is 2.74. The molecule has 0 amide bonds. The lowest BCUT2D eigenvalue weighted by molar-refractivity contribution is 0.123. The van der Waals surface area contributed by atoms with Gasteiger partial charge in [0.05, 0.1) is 18.6 Å². The molecule has 0 fully saturated rings. The van der Waals surface area contributed by atoms with Crippen molar-refractivity contribution in [3.63, 3.8) is 0 Å². The summed E-state index contributed by atoms with van der Waals surface area (Å²) in [5.41, 5.74) is 1.14.